The van der Waals surface area contributed by atoms with Crippen molar-refractivity contribution in [3.8, 4) is 0 Å². The lowest BCUT2D eigenvalue weighted by Gasteiger charge is -2.03. The topological polar surface area (TPSA) is 57.8 Å². The predicted molar refractivity (Wildman–Crippen MR) is 55.4 cm³/mol. The van der Waals surface area contributed by atoms with Gasteiger partial charge >= 0.3 is 0 Å². The van der Waals surface area contributed by atoms with Gasteiger partial charge in [0.2, 0.25) is 5.91 Å². The van der Waals surface area contributed by atoms with Crippen LogP contribution in [0, 0.1) is 6.92 Å². The molecule has 0 aliphatic heterocycles. The fourth-order valence-corrected chi connectivity index (χ4v) is 0.873. The van der Waals surface area contributed by atoms with Gasteiger partial charge in [-0.15, -0.1) is 0 Å². The normalized spacial score (nSPS) is 12.6. The Bertz CT molecular complexity index is 282. The molecule has 0 fully saturated rings. The largest absolute Gasteiger partial charge is 0.322 e. The molecule has 66 valence electrons. The molecule has 1 atom stereocenters. The van der Waals surface area contributed by atoms with Gasteiger partial charge in [0.1, 0.15) is 0 Å². The van der Waals surface area contributed by atoms with Crippen molar-refractivity contribution in [3.63, 3.8) is 0 Å². The van der Waals surface area contributed by atoms with Crippen LogP contribution in [0.3, 0.4) is 0 Å². The number of alkyl halides is 1. The number of aromatic nitrogens is 2. The fraction of sp³-hybridized carbons (Fsp3) is 0.429. The van der Waals surface area contributed by atoms with E-state index in [0.717, 1.165) is 11.4 Å². The van der Waals surface area contributed by atoms with Crippen LogP contribution in [0.1, 0.15) is 12.6 Å². The molecule has 1 aromatic rings. The van der Waals surface area contributed by atoms with Crippen LogP contribution < -0.4 is 5.32 Å². The highest BCUT2D eigenvalue weighted by Crippen LogP contribution is 2.11. The molecule has 2 N–H and O–H groups in total. The summed E-state index contributed by atoms with van der Waals surface area (Å²) < 4.78 is -0.0306. The van der Waals surface area contributed by atoms with Gasteiger partial charge in [-0.2, -0.15) is 5.10 Å². The number of rotatable bonds is 2. The Kier molecular flexibility index (Phi) is 3.07. The minimum atomic E-state index is -0.0306. The summed E-state index contributed by atoms with van der Waals surface area (Å²) in [5.41, 5.74) is 1.56. The van der Waals surface area contributed by atoms with Gasteiger partial charge in [0.05, 0.1) is 15.3 Å². The number of hydrogen-bond donors (Lipinski definition) is 2. The van der Waals surface area contributed by atoms with Crippen molar-refractivity contribution in [2.45, 2.75) is 17.8 Å². The zero-order chi connectivity index (χ0) is 9.14. The summed E-state index contributed by atoms with van der Waals surface area (Å²) in [5.74, 6) is 0.0000926. The molecule has 1 aromatic heterocycles. The highest BCUT2D eigenvalue weighted by atomic mass is 127. The van der Waals surface area contributed by atoms with Crippen LogP contribution in [0.4, 0.5) is 5.69 Å². The van der Waals surface area contributed by atoms with Crippen molar-refractivity contribution >= 4 is 34.2 Å². The molecule has 12 heavy (non-hydrogen) atoms. The highest BCUT2D eigenvalue weighted by molar-refractivity contribution is 14.1. The van der Waals surface area contributed by atoms with Crippen LogP contribution >= 0.6 is 22.6 Å². The molecule has 5 heteroatoms. The second-order valence-corrected chi connectivity index (χ2v) is 4.36. The van der Waals surface area contributed by atoms with E-state index in [0.29, 0.717) is 0 Å². The first kappa shape index (κ1) is 9.50. The Morgan fingerprint density at radius 3 is 2.92 bits per heavy atom. The number of hydrogen-bond acceptors (Lipinski definition) is 2. The van der Waals surface area contributed by atoms with Crippen LogP contribution in [0.5, 0.6) is 0 Å². The van der Waals surface area contributed by atoms with E-state index in [1.165, 1.54) is 0 Å². The number of aryl methyl sites for hydroxylation is 1. The smallest absolute Gasteiger partial charge is 0.237 e. The summed E-state index contributed by atoms with van der Waals surface area (Å²) >= 11 is 2.06. The maximum absolute atomic E-state index is 11.2. The van der Waals surface area contributed by atoms with E-state index in [4.69, 9.17) is 0 Å². The fourth-order valence-electron chi connectivity index (χ4n) is 0.717. The number of carbonyl (C=O) groups excluding carboxylic acids is 1. The lowest BCUT2D eigenvalue weighted by Crippen LogP contribution is -2.19. The first-order valence-corrected chi connectivity index (χ1v) is 4.81. The maximum Gasteiger partial charge on any atom is 0.237 e. The van der Waals surface area contributed by atoms with Gasteiger partial charge in [0.25, 0.3) is 0 Å². The first-order chi connectivity index (χ1) is 5.61. The third-order valence-corrected chi connectivity index (χ3v) is 2.02. The van der Waals surface area contributed by atoms with E-state index < -0.39 is 0 Å². The van der Waals surface area contributed by atoms with Crippen LogP contribution in [0.2, 0.25) is 0 Å². The van der Waals surface area contributed by atoms with Gasteiger partial charge in [-0.25, -0.2) is 0 Å². The summed E-state index contributed by atoms with van der Waals surface area (Å²) in [7, 11) is 0. The first-order valence-electron chi connectivity index (χ1n) is 3.56. The Hall–Kier alpha value is -0.590. The third-order valence-electron chi connectivity index (χ3n) is 1.45. The van der Waals surface area contributed by atoms with Gasteiger partial charge in [-0.1, -0.05) is 22.6 Å². The average Bonchev–Trinajstić information content (AvgIpc) is 2.36. The maximum atomic E-state index is 11.2. The standard InChI is InChI=1S/C7H10IN3O/c1-4(8)7(12)10-6-3-9-11-5(6)2/h3-4H,1-2H3,(H,9,11)(H,10,12). The van der Waals surface area contributed by atoms with Gasteiger partial charge in [-0.3, -0.25) is 9.89 Å². The van der Waals surface area contributed by atoms with Crippen molar-refractivity contribution in [1.82, 2.24) is 10.2 Å². The lowest BCUT2D eigenvalue weighted by molar-refractivity contribution is -0.115. The number of nitrogens with one attached hydrogen (secondary N) is 2. The number of anilines is 1. The van der Waals surface area contributed by atoms with Crippen LogP contribution in [-0.2, 0) is 4.79 Å². The van der Waals surface area contributed by atoms with Gasteiger partial charge in [0.15, 0.2) is 0 Å². The number of carbonyl (C=O) groups is 1. The van der Waals surface area contributed by atoms with Crippen molar-refractivity contribution in [3.05, 3.63) is 11.9 Å². The molecule has 0 radical (unpaired) electrons. The molecular formula is C7H10IN3O. The van der Waals surface area contributed by atoms with E-state index in [2.05, 4.69) is 38.1 Å². The van der Waals surface area contributed by atoms with Gasteiger partial charge in [-0.05, 0) is 13.8 Å². The van der Waals surface area contributed by atoms with E-state index in [1.807, 2.05) is 13.8 Å². The Balaban J connectivity index is 2.64. The Morgan fingerprint density at radius 1 is 1.83 bits per heavy atom. The Labute approximate surface area is 84.3 Å². The minimum absolute atomic E-state index is 0.0000926. The molecule has 1 heterocycles. The molecule has 0 aromatic carbocycles. The van der Waals surface area contributed by atoms with Crippen LogP contribution in [0.15, 0.2) is 6.20 Å². The number of aromatic amines is 1. The summed E-state index contributed by atoms with van der Waals surface area (Å²) in [4.78, 5) is 11.2. The minimum Gasteiger partial charge on any atom is -0.322 e. The molecule has 0 saturated carbocycles. The molecule has 0 bridgehead atoms. The average molecular weight is 279 g/mol. The quantitative estimate of drug-likeness (QED) is 0.636. The Morgan fingerprint density at radius 2 is 2.50 bits per heavy atom. The second-order valence-electron chi connectivity index (χ2n) is 2.49. The summed E-state index contributed by atoms with van der Waals surface area (Å²) in [6.45, 7) is 3.68. The molecule has 4 nitrogen and oxygen atoms in total. The SMILES string of the molecule is Cc1n[nH]cc1NC(=O)C(C)I. The zero-order valence-corrected chi connectivity index (χ0v) is 9.05. The lowest BCUT2D eigenvalue weighted by atomic mass is 10.3. The van der Waals surface area contributed by atoms with E-state index >= 15 is 0 Å². The molecule has 0 spiro atoms. The molecule has 0 aliphatic carbocycles. The van der Waals surface area contributed by atoms with E-state index in [9.17, 15) is 4.79 Å². The zero-order valence-electron chi connectivity index (χ0n) is 6.89. The monoisotopic (exact) mass is 279 g/mol. The number of nitrogens with zero attached hydrogens (tertiary/aromatic N) is 1. The molecular weight excluding hydrogens is 269 g/mol. The number of H-pyrrole nitrogens is 1. The van der Waals surface area contributed by atoms with E-state index in [-0.39, 0.29) is 9.83 Å². The molecule has 1 rings (SSSR count). The van der Waals surface area contributed by atoms with Gasteiger partial charge < -0.3 is 5.32 Å². The highest BCUT2D eigenvalue weighted by Gasteiger charge is 2.10. The number of halogens is 1. The summed E-state index contributed by atoms with van der Waals surface area (Å²) in [6.07, 6.45) is 1.67. The van der Waals surface area contributed by atoms with Crippen LogP contribution in [-0.4, -0.2) is 20.0 Å². The van der Waals surface area contributed by atoms with E-state index in [1.54, 1.807) is 6.20 Å². The molecule has 1 amide bonds. The third kappa shape index (κ3) is 2.20. The van der Waals surface area contributed by atoms with Crippen molar-refractivity contribution in [2.75, 3.05) is 5.32 Å². The molecule has 0 saturated heterocycles. The van der Waals surface area contributed by atoms with Gasteiger partial charge in [0, 0.05) is 6.20 Å². The summed E-state index contributed by atoms with van der Waals surface area (Å²) in [5, 5.41) is 9.31. The number of amides is 1. The summed E-state index contributed by atoms with van der Waals surface area (Å²) in [6, 6.07) is 0. The van der Waals surface area contributed by atoms with Crippen molar-refractivity contribution < 1.29 is 4.79 Å². The predicted octanol–water partition coefficient (Wildman–Crippen LogP) is 1.48. The second kappa shape index (κ2) is 3.88. The van der Waals surface area contributed by atoms with Crippen LogP contribution in [0.25, 0.3) is 0 Å². The molecule has 1 unspecified atom stereocenters. The van der Waals surface area contributed by atoms with Crippen molar-refractivity contribution in [2.24, 2.45) is 0 Å². The molecule has 0 aliphatic rings. The van der Waals surface area contributed by atoms with Crippen molar-refractivity contribution in [1.29, 1.82) is 0 Å².